The van der Waals surface area contributed by atoms with Crippen molar-refractivity contribution >= 4 is 27.5 Å². The predicted octanol–water partition coefficient (Wildman–Crippen LogP) is 1.80. The van der Waals surface area contributed by atoms with Gasteiger partial charge in [0.2, 0.25) is 10.0 Å². The Hall–Kier alpha value is -0.760. The third kappa shape index (κ3) is 5.18. The number of nitrogens with zero attached hydrogens (tertiary/aromatic N) is 1. The summed E-state index contributed by atoms with van der Waals surface area (Å²) in [5.41, 5.74) is 6.34. The fourth-order valence-corrected chi connectivity index (χ4v) is 5.01. The van der Waals surface area contributed by atoms with Gasteiger partial charge in [0.1, 0.15) is 0 Å². The smallest absolute Gasteiger partial charge is 0.215 e. The summed E-state index contributed by atoms with van der Waals surface area (Å²) < 4.78 is 31.8. The van der Waals surface area contributed by atoms with Crippen LogP contribution in [0.1, 0.15) is 13.3 Å². The first-order valence-electron chi connectivity index (χ1n) is 7.05. The standard InChI is InChI=1S/C14H22N2O3S2/c1-12-11-16(7-2-8-19-12)21(17,18)10-9-20-14-5-3-13(15)4-6-14/h3-6,12H,2,7-11,15H2,1H3. The lowest BCUT2D eigenvalue weighted by Crippen LogP contribution is -2.37. The first kappa shape index (κ1) is 16.6. The minimum atomic E-state index is -3.21. The monoisotopic (exact) mass is 330 g/mol. The molecular weight excluding hydrogens is 308 g/mol. The van der Waals surface area contributed by atoms with E-state index in [1.807, 2.05) is 31.2 Å². The van der Waals surface area contributed by atoms with Crippen LogP contribution in [0.5, 0.6) is 0 Å². The van der Waals surface area contributed by atoms with E-state index in [1.165, 1.54) is 11.8 Å². The number of anilines is 1. The molecule has 0 aromatic heterocycles. The van der Waals surface area contributed by atoms with Gasteiger partial charge in [0.25, 0.3) is 0 Å². The third-order valence-electron chi connectivity index (χ3n) is 3.30. The number of rotatable bonds is 5. The maximum Gasteiger partial charge on any atom is 0.215 e. The van der Waals surface area contributed by atoms with Crippen molar-refractivity contribution in [2.24, 2.45) is 0 Å². The zero-order chi connectivity index (χ0) is 15.3. The first-order valence-corrected chi connectivity index (χ1v) is 9.64. The number of benzene rings is 1. The van der Waals surface area contributed by atoms with Crippen LogP contribution in [-0.4, -0.2) is 50.0 Å². The molecule has 1 fully saturated rings. The summed E-state index contributed by atoms with van der Waals surface area (Å²) in [6.45, 7) is 3.55. The zero-order valence-electron chi connectivity index (χ0n) is 12.2. The number of ether oxygens (including phenoxy) is 1. The summed E-state index contributed by atoms with van der Waals surface area (Å²) >= 11 is 1.53. The van der Waals surface area contributed by atoms with Crippen molar-refractivity contribution in [2.75, 3.05) is 36.9 Å². The quantitative estimate of drug-likeness (QED) is 0.658. The fourth-order valence-electron chi connectivity index (χ4n) is 2.17. The second-order valence-corrected chi connectivity index (χ2v) is 8.38. The minimum absolute atomic E-state index is 0.0352. The van der Waals surface area contributed by atoms with Crippen LogP contribution in [0.3, 0.4) is 0 Å². The summed E-state index contributed by atoms with van der Waals surface area (Å²) in [6, 6.07) is 7.47. The van der Waals surface area contributed by atoms with Gasteiger partial charge in [-0.25, -0.2) is 8.42 Å². The number of hydrogen-bond acceptors (Lipinski definition) is 5. The van der Waals surface area contributed by atoms with Crippen molar-refractivity contribution in [3.8, 4) is 0 Å². The topological polar surface area (TPSA) is 72.6 Å². The van der Waals surface area contributed by atoms with Gasteiger partial charge in [0.15, 0.2) is 0 Å². The Balaban J connectivity index is 1.87. The number of hydrogen-bond donors (Lipinski definition) is 1. The average molecular weight is 330 g/mol. The molecule has 1 unspecified atom stereocenters. The van der Waals surface area contributed by atoms with E-state index in [0.717, 1.165) is 11.3 Å². The Morgan fingerprint density at radius 2 is 2.10 bits per heavy atom. The molecule has 0 radical (unpaired) electrons. The molecule has 1 heterocycles. The Kier molecular flexibility index (Phi) is 5.92. The maximum atomic E-state index is 12.4. The highest BCUT2D eigenvalue weighted by Crippen LogP contribution is 2.20. The summed E-state index contributed by atoms with van der Waals surface area (Å²) in [5.74, 6) is 0.687. The van der Waals surface area contributed by atoms with Crippen LogP contribution in [0.15, 0.2) is 29.2 Å². The van der Waals surface area contributed by atoms with Crippen molar-refractivity contribution in [3.63, 3.8) is 0 Å². The SMILES string of the molecule is CC1CN(S(=O)(=O)CCSc2ccc(N)cc2)CCCO1. The Labute approximate surface area is 130 Å². The number of nitrogens with two attached hydrogens (primary N) is 1. The van der Waals surface area contributed by atoms with E-state index in [1.54, 1.807) is 4.31 Å². The van der Waals surface area contributed by atoms with Gasteiger partial charge in [-0.1, -0.05) is 0 Å². The van der Waals surface area contributed by atoms with Gasteiger partial charge in [0, 0.05) is 36.0 Å². The van der Waals surface area contributed by atoms with Crippen molar-refractivity contribution < 1.29 is 13.2 Å². The lowest BCUT2D eigenvalue weighted by Gasteiger charge is -2.21. The molecule has 0 amide bonds. The van der Waals surface area contributed by atoms with Gasteiger partial charge in [-0.3, -0.25) is 0 Å². The van der Waals surface area contributed by atoms with Crippen LogP contribution < -0.4 is 5.73 Å². The van der Waals surface area contributed by atoms with E-state index >= 15 is 0 Å². The average Bonchev–Trinajstić information content (AvgIpc) is 2.66. The van der Waals surface area contributed by atoms with Gasteiger partial charge in [-0.05, 0) is 37.6 Å². The summed E-state index contributed by atoms with van der Waals surface area (Å²) in [7, 11) is -3.21. The zero-order valence-corrected chi connectivity index (χ0v) is 13.8. The predicted molar refractivity (Wildman–Crippen MR) is 87.0 cm³/mol. The molecular formula is C14H22N2O3S2. The molecule has 1 saturated heterocycles. The van der Waals surface area contributed by atoms with E-state index in [4.69, 9.17) is 10.5 Å². The van der Waals surface area contributed by atoms with E-state index in [0.29, 0.717) is 31.1 Å². The van der Waals surface area contributed by atoms with Gasteiger partial charge < -0.3 is 10.5 Å². The summed E-state index contributed by atoms with van der Waals surface area (Å²) in [5, 5.41) is 0. The molecule has 1 aromatic rings. The highest BCUT2D eigenvalue weighted by atomic mass is 32.2. The van der Waals surface area contributed by atoms with Crippen LogP contribution >= 0.6 is 11.8 Å². The van der Waals surface area contributed by atoms with Crippen LogP contribution in [0.4, 0.5) is 5.69 Å². The lowest BCUT2D eigenvalue weighted by atomic mass is 10.3. The molecule has 0 saturated carbocycles. The van der Waals surface area contributed by atoms with E-state index in [9.17, 15) is 8.42 Å². The second-order valence-electron chi connectivity index (χ2n) is 5.13. The van der Waals surface area contributed by atoms with Crippen molar-refractivity contribution in [1.82, 2.24) is 4.31 Å². The van der Waals surface area contributed by atoms with Crippen LogP contribution in [0.25, 0.3) is 0 Å². The number of sulfonamides is 1. The van der Waals surface area contributed by atoms with Crippen LogP contribution in [0.2, 0.25) is 0 Å². The van der Waals surface area contributed by atoms with Crippen molar-refractivity contribution in [2.45, 2.75) is 24.3 Å². The molecule has 1 atom stereocenters. The number of thioether (sulfide) groups is 1. The van der Waals surface area contributed by atoms with Crippen molar-refractivity contribution in [1.29, 1.82) is 0 Å². The molecule has 0 bridgehead atoms. The van der Waals surface area contributed by atoms with E-state index in [-0.39, 0.29) is 11.9 Å². The summed E-state index contributed by atoms with van der Waals surface area (Å²) in [6.07, 6.45) is 0.723. The lowest BCUT2D eigenvalue weighted by molar-refractivity contribution is 0.0752. The molecule has 2 N–H and O–H groups in total. The molecule has 2 rings (SSSR count). The highest BCUT2D eigenvalue weighted by Gasteiger charge is 2.25. The Morgan fingerprint density at radius 3 is 2.81 bits per heavy atom. The fraction of sp³-hybridized carbons (Fsp3) is 0.571. The molecule has 0 spiro atoms. The van der Waals surface area contributed by atoms with Gasteiger partial charge in [-0.2, -0.15) is 4.31 Å². The first-order chi connectivity index (χ1) is 9.97. The van der Waals surface area contributed by atoms with Gasteiger partial charge in [-0.15, -0.1) is 11.8 Å². The second kappa shape index (κ2) is 7.49. The highest BCUT2D eigenvalue weighted by molar-refractivity contribution is 8.00. The molecule has 1 aliphatic rings. The van der Waals surface area contributed by atoms with Gasteiger partial charge >= 0.3 is 0 Å². The minimum Gasteiger partial charge on any atom is -0.399 e. The molecule has 0 aliphatic carbocycles. The molecule has 1 aromatic carbocycles. The molecule has 1 aliphatic heterocycles. The summed E-state index contributed by atoms with van der Waals surface area (Å²) in [4.78, 5) is 1.03. The van der Waals surface area contributed by atoms with Crippen LogP contribution in [0, 0.1) is 0 Å². The molecule has 7 heteroatoms. The maximum absolute atomic E-state index is 12.4. The normalized spacial score (nSPS) is 21.1. The van der Waals surface area contributed by atoms with Gasteiger partial charge in [0.05, 0.1) is 11.9 Å². The van der Waals surface area contributed by atoms with E-state index in [2.05, 4.69) is 0 Å². The Morgan fingerprint density at radius 1 is 1.38 bits per heavy atom. The molecule has 5 nitrogen and oxygen atoms in total. The third-order valence-corrected chi connectivity index (χ3v) is 6.41. The number of nitrogen functional groups attached to an aromatic ring is 1. The largest absolute Gasteiger partial charge is 0.399 e. The van der Waals surface area contributed by atoms with E-state index < -0.39 is 10.0 Å². The van der Waals surface area contributed by atoms with Crippen molar-refractivity contribution in [3.05, 3.63) is 24.3 Å². The Bertz CT molecular complexity index is 546. The van der Waals surface area contributed by atoms with Crippen LogP contribution in [-0.2, 0) is 14.8 Å². The molecule has 118 valence electrons. The molecule has 21 heavy (non-hydrogen) atoms.